The third-order valence-electron chi connectivity index (χ3n) is 6.31. The molecule has 1 fully saturated rings. The molecular formula is C26H36N4O7. The van der Waals surface area contributed by atoms with Crippen molar-refractivity contribution in [2.24, 2.45) is 5.92 Å². The number of piperidine rings is 1. The maximum atomic E-state index is 13.5. The van der Waals surface area contributed by atoms with Gasteiger partial charge in [0.15, 0.2) is 6.04 Å². The highest BCUT2D eigenvalue weighted by Crippen LogP contribution is 2.22. The monoisotopic (exact) mass is 516 g/mol. The molecule has 1 aliphatic rings. The fourth-order valence-corrected chi connectivity index (χ4v) is 4.41. The summed E-state index contributed by atoms with van der Waals surface area (Å²) in [5, 5.41) is 24.9. The molecule has 1 aromatic heterocycles. The molecule has 202 valence electrons. The van der Waals surface area contributed by atoms with E-state index < -0.39 is 47.7 Å². The van der Waals surface area contributed by atoms with Crippen LogP contribution in [0.3, 0.4) is 0 Å². The Morgan fingerprint density at radius 2 is 1.78 bits per heavy atom. The molecule has 3 rings (SSSR count). The molecule has 2 heterocycles. The first kappa shape index (κ1) is 28.0. The van der Waals surface area contributed by atoms with Gasteiger partial charge >= 0.3 is 12.1 Å². The lowest BCUT2D eigenvalue weighted by molar-refractivity contribution is -0.146. The fraction of sp³-hybridized carbons (Fsp3) is 0.538. The molecule has 1 unspecified atom stereocenters. The van der Waals surface area contributed by atoms with E-state index in [2.05, 4.69) is 15.6 Å². The van der Waals surface area contributed by atoms with Gasteiger partial charge in [0, 0.05) is 42.5 Å². The minimum absolute atomic E-state index is 0.247. The Kier molecular flexibility index (Phi) is 8.80. The number of ether oxygens (including phenoxy) is 1. The molecule has 3 amide bonds. The number of fused-ring (bicyclic) bond motifs is 1. The Morgan fingerprint density at radius 3 is 2.38 bits per heavy atom. The van der Waals surface area contributed by atoms with Gasteiger partial charge in [0.05, 0.1) is 6.10 Å². The summed E-state index contributed by atoms with van der Waals surface area (Å²) in [7, 11) is 0. The van der Waals surface area contributed by atoms with Gasteiger partial charge < -0.3 is 35.5 Å². The van der Waals surface area contributed by atoms with E-state index in [1.807, 2.05) is 30.5 Å². The average molecular weight is 517 g/mol. The first-order valence-electron chi connectivity index (χ1n) is 12.4. The Bertz CT molecular complexity index is 1130. The molecule has 3 atom stereocenters. The van der Waals surface area contributed by atoms with E-state index in [1.165, 1.54) is 6.92 Å². The highest BCUT2D eigenvalue weighted by molar-refractivity contribution is 5.89. The molecule has 37 heavy (non-hydrogen) atoms. The Balaban J connectivity index is 1.69. The smallest absolute Gasteiger partial charge is 0.408 e. The van der Waals surface area contributed by atoms with E-state index in [0.717, 1.165) is 16.5 Å². The van der Waals surface area contributed by atoms with Crippen LogP contribution in [0, 0.1) is 5.92 Å². The number of nitrogens with zero attached hydrogens (tertiary/aromatic N) is 1. The fourth-order valence-electron chi connectivity index (χ4n) is 4.41. The number of aliphatic hydroxyl groups is 1. The lowest BCUT2D eigenvalue weighted by Gasteiger charge is -2.34. The molecule has 0 spiro atoms. The second kappa shape index (κ2) is 11.6. The number of hydrogen-bond acceptors (Lipinski definition) is 6. The number of aliphatic carboxylic acids is 1. The van der Waals surface area contributed by atoms with E-state index in [9.17, 15) is 29.4 Å². The van der Waals surface area contributed by atoms with Crippen LogP contribution in [0.5, 0.6) is 0 Å². The maximum absolute atomic E-state index is 13.5. The third kappa shape index (κ3) is 7.45. The van der Waals surface area contributed by atoms with Crippen molar-refractivity contribution in [1.82, 2.24) is 20.5 Å². The van der Waals surface area contributed by atoms with Crippen molar-refractivity contribution in [2.75, 3.05) is 13.1 Å². The van der Waals surface area contributed by atoms with Crippen molar-refractivity contribution in [1.29, 1.82) is 0 Å². The maximum Gasteiger partial charge on any atom is 0.408 e. The number of benzene rings is 1. The molecule has 11 heteroatoms. The summed E-state index contributed by atoms with van der Waals surface area (Å²) in [4.78, 5) is 54.7. The van der Waals surface area contributed by atoms with Crippen LogP contribution in [0.4, 0.5) is 4.79 Å². The van der Waals surface area contributed by atoms with Crippen LogP contribution in [-0.2, 0) is 25.5 Å². The van der Waals surface area contributed by atoms with E-state index >= 15 is 0 Å². The molecule has 5 N–H and O–H groups in total. The van der Waals surface area contributed by atoms with E-state index in [4.69, 9.17) is 4.74 Å². The normalized spacial score (nSPS) is 17.1. The molecule has 1 saturated heterocycles. The van der Waals surface area contributed by atoms with Crippen LogP contribution < -0.4 is 10.6 Å². The van der Waals surface area contributed by atoms with Crippen LogP contribution in [0.1, 0.15) is 46.1 Å². The molecule has 1 aromatic carbocycles. The minimum atomic E-state index is -1.40. The number of alkyl carbamates (subject to hydrolysis) is 1. The number of nitrogens with one attached hydrogen (secondary N) is 3. The van der Waals surface area contributed by atoms with Gasteiger partial charge in [0.25, 0.3) is 0 Å². The average Bonchev–Trinajstić information content (AvgIpc) is 3.23. The Morgan fingerprint density at radius 1 is 1.14 bits per heavy atom. The van der Waals surface area contributed by atoms with Crippen molar-refractivity contribution < 1.29 is 34.1 Å². The summed E-state index contributed by atoms with van der Waals surface area (Å²) in [6, 6.07) is 5.40. The van der Waals surface area contributed by atoms with Gasteiger partial charge in [-0.25, -0.2) is 9.59 Å². The first-order valence-corrected chi connectivity index (χ1v) is 12.4. The highest BCUT2D eigenvalue weighted by Gasteiger charge is 2.34. The van der Waals surface area contributed by atoms with E-state index in [1.54, 1.807) is 25.7 Å². The van der Waals surface area contributed by atoms with Gasteiger partial charge in [0.2, 0.25) is 11.8 Å². The predicted octanol–water partition coefficient (Wildman–Crippen LogP) is 1.79. The second-order valence-corrected chi connectivity index (χ2v) is 10.4. The quantitative estimate of drug-likeness (QED) is 0.357. The van der Waals surface area contributed by atoms with Crippen molar-refractivity contribution in [2.45, 2.75) is 70.7 Å². The summed E-state index contributed by atoms with van der Waals surface area (Å²) in [5.41, 5.74) is 1.06. The number of rotatable bonds is 8. The molecule has 0 bridgehead atoms. The van der Waals surface area contributed by atoms with Crippen LogP contribution in [0.15, 0.2) is 30.5 Å². The number of aliphatic hydroxyl groups excluding tert-OH is 1. The number of aromatic nitrogens is 1. The van der Waals surface area contributed by atoms with Crippen molar-refractivity contribution >= 4 is 34.8 Å². The molecular weight excluding hydrogens is 480 g/mol. The van der Waals surface area contributed by atoms with Crippen molar-refractivity contribution in [3.8, 4) is 0 Å². The van der Waals surface area contributed by atoms with Crippen molar-refractivity contribution in [3.05, 3.63) is 36.0 Å². The lowest BCUT2D eigenvalue weighted by atomic mass is 9.94. The number of carbonyl (C=O) groups is 4. The topological polar surface area (TPSA) is 161 Å². The summed E-state index contributed by atoms with van der Waals surface area (Å²) in [6.07, 6.45) is 0.785. The van der Waals surface area contributed by atoms with E-state index in [0.29, 0.717) is 12.8 Å². The SMILES string of the molecule is CC(O)[C@H](NC(=O)C1CCN(C(=O)[C@H](Cc2c[nH]c3ccccc23)NC(=O)OC(C)(C)C)CC1)C(=O)O. The van der Waals surface area contributed by atoms with Crippen LogP contribution in [0.2, 0.25) is 0 Å². The predicted molar refractivity (Wildman–Crippen MR) is 136 cm³/mol. The third-order valence-corrected chi connectivity index (χ3v) is 6.31. The van der Waals surface area contributed by atoms with Gasteiger partial charge in [-0.05, 0) is 52.2 Å². The van der Waals surface area contributed by atoms with Gasteiger partial charge in [0.1, 0.15) is 11.6 Å². The van der Waals surface area contributed by atoms with Crippen LogP contribution in [0.25, 0.3) is 10.9 Å². The van der Waals surface area contributed by atoms with E-state index in [-0.39, 0.29) is 25.4 Å². The number of carboxylic acids is 1. The zero-order chi connectivity index (χ0) is 27.3. The largest absolute Gasteiger partial charge is 0.480 e. The number of para-hydroxylation sites is 1. The Hall–Kier alpha value is -3.60. The van der Waals surface area contributed by atoms with Gasteiger partial charge in [-0.1, -0.05) is 18.2 Å². The molecule has 2 aromatic rings. The van der Waals surface area contributed by atoms with Crippen molar-refractivity contribution in [3.63, 3.8) is 0 Å². The number of carbonyl (C=O) groups excluding carboxylic acids is 3. The summed E-state index contributed by atoms with van der Waals surface area (Å²) in [5.74, 6) is -2.56. The van der Waals surface area contributed by atoms with Gasteiger partial charge in [-0.15, -0.1) is 0 Å². The highest BCUT2D eigenvalue weighted by atomic mass is 16.6. The number of carboxylic acid groups (broad SMARTS) is 1. The zero-order valence-corrected chi connectivity index (χ0v) is 21.6. The number of H-pyrrole nitrogens is 1. The minimum Gasteiger partial charge on any atom is -0.480 e. The lowest BCUT2D eigenvalue weighted by Crippen LogP contribution is -2.54. The number of amides is 3. The summed E-state index contributed by atoms with van der Waals surface area (Å²) >= 11 is 0. The molecule has 0 aliphatic carbocycles. The molecule has 11 nitrogen and oxygen atoms in total. The number of aromatic amines is 1. The summed E-state index contributed by atoms with van der Waals surface area (Å²) in [6.45, 7) is 7.06. The van der Waals surface area contributed by atoms with Gasteiger partial charge in [-0.2, -0.15) is 0 Å². The first-order chi connectivity index (χ1) is 17.4. The standard InChI is InChI=1S/C26H36N4O7/c1-15(31)21(24(34)35)29-22(32)16-9-11-30(12-10-16)23(33)20(28-25(36)37-26(2,3)4)13-17-14-27-19-8-6-5-7-18(17)19/h5-8,14-16,20-21,27,31H,9-13H2,1-4H3,(H,28,36)(H,29,32)(H,34,35)/t15?,20-,21-/m0/s1. The molecule has 0 saturated carbocycles. The second-order valence-electron chi connectivity index (χ2n) is 10.4. The molecule has 0 radical (unpaired) electrons. The summed E-state index contributed by atoms with van der Waals surface area (Å²) < 4.78 is 5.39. The van der Waals surface area contributed by atoms with Crippen LogP contribution in [-0.4, -0.2) is 80.9 Å². The zero-order valence-electron chi connectivity index (χ0n) is 21.6. The number of likely N-dealkylation sites (tertiary alicyclic amines) is 1. The Labute approximate surface area is 215 Å². The number of hydrogen-bond donors (Lipinski definition) is 5. The molecule has 1 aliphatic heterocycles. The van der Waals surface area contributed by atoms with Gasteiger partial charge in [-0.3, -0.25) is 9.59 Å². The van der Waals surface area contributed by atoms with Crippen LogP contribution >= 0.6 is 0 Å².